The molecule has 13 heteroatoms. The molecule has 3 heterocycles. The highest BCUT2D eigenvalue weighted by Crippen LogP contribution is 2.30. The molecule has 0 fully saturated rings. The van der Waals surface area contributed by atoms with Gasteiger partial charge in [-0.2, -0.15) is 0 Å². The van der Waals surface area contributed by atoms with Gasteiger partial charge in [0.2, 0.25) is 16.0 Å². The van der Waals surface area contributed by atoms with E-state index in [0.29, 0.717) is 38.8 Å². The van der Waals surface area contributed by atoms with E-state index < -0.39 is 15.9 Å². The number of rotatable bonds is 9. The largest absolute Gasteiger partial charge is 0.440 e. The van der Waals surface area contributed by atoms with E-state index in [1.807, 2.05) is 6.07 Å². The third kappa shape index (κ3) is 5.92. The van der Waals surface area contributed by atoms with Gasteiger partial charge in [0.15, 0.2) is 11.7 Å². The summed E-state index contributed by atoms with van der Waals surface area (Å²) in [5, 5.41) is 2.84. The number of carbonyl (C=O) groups is 2. The first kappa shape index (κ1) is 28.2. The standard InChI is InChI=1S/C28H28N6O5S2/c1-18-29-17-23(39-18)24-12-13-25(40-24)26(35)31-28-30-21-16-20(33(4)27(36)19-8-6-5-7-9-19)10-11-22(21)34(28)14-15-41(37,38)32(2)3/h5-13,16-17H,14-15H2,1-4H3,(H,30,31,35). The van der Waals surface area contributed by atoms with Gasteiger partial charge < -0.3 is 13.9 Å². The number of aryl methyl sites for hydroxylation is 2. The molecular formula is C28H28N6O5S2. The predicted octanol–water partition coefficient (Wildman–Crippen LogP) is 4.48. The molecule has 0 aliphatic rings. The Morgan fingerprint density at radius 3 is 2.49 bits per heavy atom. The van der Waals surface area contributed by atoms with Gasteiger partial charge in [-0.3, -0.25) is 14.9 Å². The second kappa shape index (κ2) is 11.3. The monoisotopic (exact) mass is 592 g/mol. The summed E-state index contributed by atoms with van der Waals surface area (Å²) >= 11 is 1.24. The Labute approximate surface area is 241 Å². The van der Waals surface area contributed by atoms with Gasteiger partial charge in [0, 0.05) is 45.9 Å². The lowest BCUT2D eigenvalue weighted by atomic mass is 10.2. The summed E-state index contributed by atoms with van der Waals surface area (Å²) in [7, 11) is 1.09. The number of fused-ring (bicyclic) bond motifs is 1. The number of hydrogen-bond acceptors (Lipinski definition) is 8. The van der Waals surface area contributed by atoms with Crippen molar-refractivity contribution in [2.24, 2.45) is 0 Å². The van der Waals surface area contributed by atoms with E-state index in [1.54, 1.807) is 79.3 Å². The summed E-state index contributed by atoms with van der Waals surface area (Å²) in [5.74, 6) is 0.493. The molecule has 2 amide bonds. The molecule has 5 aromatic rings. The van der Waals surface area contributed by atoms with E-state index in [1.165, 1.54) is 30.3 Å². The first-order chi connectivity index (χ1) is 19.5. The summed E-state index contributed by atoms with van der Waals surface area (Å²) in [6, 6.07) is 17.6. The minimum absolute atomic E-state index is 0.0534. The number of carbonyl (C=O) groups excluding carboxylic acids is 2. The van der Waals surface area contributed by atoms with Gasteiger partial charge in [0.1, 0.15) is 0 Å². The molecule has 0 aliphatic heterocycles. The van der Waals surface area contributed by atoms with Crippen molar-refractivity contribution in [3.05, 3.63) is 83.2 Å². The summed E-state index contributed by atoms with van der Waals surface area (Å²) in [5.41, 5.74) is 2.25. The van der Waals surface area contributed by atoms with Gasteiger partial charge in [-0.25, -0.2) is 22.7 Å². The summed E-state index contributed by atoms with van der Waals surface area (Å²) in [4.78, 5) is 37.7. The van der Waals surface area contributed by atoms with E-state index in [0.717, 1.165) is 9.18 Å². The molecule has 41 heavy (non-hydrogen) atoms. The number of hydrogen-bond donors (Lipinski definition) is 1. The number of aromatic nitrogens is 3. The first-order valence-corrected chi connectivity index (χ1v) is 15.0. The molecule has 5 rings (SSSR count). The van der Waals surface area contributed by atoms with Gasteiger partial charge in [-0.05, 0) is 42.5 Å². The molecule has 0 unspecified atom stereocenters. The van der Waals surface area contributed by atoms with Gasteiger partial charge in [0.05, 0.1) is 32.7 Å². The predicted molar refractivity (Wildman–Crippen MR) is 159 cm³/mol. The van der Waals surface area contributed by atoms with Crippen molar-refractivity contribution in [2.45, 2.75) is 13.5 Å². The first-order valence-electron chi connectivity index (χ1n) is 12.6. The number of imidazole rings is 1. The molecule has 3 aromatic heterocycles. The quantitative estimate of drug-likeness (QED) is 0.267. The van der Waals surface area contributed by atoms with E-state index in [9.17, 15) is 18.0 Å². The Balaban J connectivity index is 1.47. The van der Waals surface area contributed by atoms with Crippen LogP contribution in [0.3, 0.4) is 0 Å². The molecule has 212 valence electrons. The fraction of sp³-hybridized carbons (Fsp3) is 0.214. The average molecular weight is 593 g/mol. The minimum Gasteiger partial charge on any atom is -0.440 e. The van der Waals surface area contributed by atoms with Crippen LogP contribution < -0.4 is 10.2 Å². The van der Waals surface area contributed by atoms with Gasteiger partial charge in [-0.1, -0.05) is 18.2 Å². The van der Waals surface area contributed by atoms with Crippen molar-refractivity contribution in [3.63, 3.8) is 0 Å². The molecular weight excluding hydrogens is 564 g/mol. The zero-order valence-corrected chi connectivity index (χ0v) is 24.5. The molecule has 1 N–H and O–H groups in total. The number of nitrogens with zero attached hydrogens (tertiary/aromatic N) is 5. The van der Waals surface area contributed by atoms with E-state index in [4.69, 9.17) is 4.42 Å². The average Bonchev–Trinajstić information content (AvgIpc) is 3.69. The maximum absolute atomic E-state index is 13.2. The molecule has 0 atom stereocenters. The Hall–Kier alpha value is -4.33. The lowest BCUT2D eigenvalue weighted by molar-refractivity contribution is 0.0991. The third-order valence-corrected chi connectivity index (χ3v) is 9.40. The van der Waals surface area contributed by atoms with Crippen LogP contribution in [0.5, 0.6) is 0 Å². The van der Waals surface area contributed by atoms with Gasteiger partial charge >= 0.3 is 0 Å². The highest BCUT2D eigenvalue weighted by atomic mass is 32.2. The number of anilines is 2. The second-order valence-corrected chi connectivity index (χ2v) is 12.8. The highest BCUT2D eigenvalue weighted by Gasteiger charge is 2.21. The van der Waals surface area contributed by atoms with Crippen molar-refractivity contribution < 1.29 is 22.4 Å². The van der Waals surface area contributed by atoms with Crippen LogP contribution in [0, 0.1) is 6.92 Å². The van der Waals surface area contributed by atoms with Crippen molar-refractivity contribution in [2.75, 3.05) is 37.1 Å². The zero-order valence-electron chi connectivity index (χ0n) is 22.9. The number of nitrogens with one attached hydrogen (secondary N) is 1. The van der Waals surface area contributed by atoms with Crippen molar-refractivity contribution >= 4 is 55.8 Å². The van der Waals surface area contributed by atoms with Crippen LogP contribution in [-0.4, -0.2) is 66.0 Å². The Morgan fingerprint density at radius 1 is 1.05 bits per heavy atom. The normalized spacial score (nSPS) is 11.7. The van der Waals surface area contributed by atoms with Crippen molar-refractivity contribution in [1.29, 1.82) is 0 Å². The fourth-order valence-corrected chi connectivity index (χ4v) is 5.79. The molecule has 0 spiro atoms. The SMILES string of the molecule is Cc1ncc(-c2ccc(C(=O)Nc3nc4cc(N(C)C(=O)c5ccccc5)ccc4n3CCS(=O)(=O)N(C)C)s2)o1. The van der Waals surface area contributed by atoms with Crippen molar-refractivity contribution in [1.82, 2.24) is 18.8 Å². The molecule has 0 saturated heterocycles. The lowest BCUT2D eigenvalue weighted by Crippen LogP contribution is -2.27. The summed E-state index contributed by atoms with van der Waals surface area (Å²) < 4.78 is 33.5. The third-order valence-electron chi connectivity index (χ3n) is 6.49. The van der Waals surface area contributed by atoms with Crippen LogP contribution in [0.2, 0.25) is 0 Å². The van der Waals surface area contributed by atoms with Crippen LogP contribution in [0.1, 0.15) is 25.9 Å². The maximum atomic E-state index is 13.2. The Morgan fingerprint density at radius 2 is 1.80 bits per heavy atom. The molecule has 0 saturated carbocycles. The molecule has 0 aliphatic carbocycles. The van der Waals surface area contributed by atoms with Crippen LogP contribution in [0.15, 0.2) is 71.3 Å². The van der Waals surface area contributed by atoms with Gasteiger partial charge in [-0.15, -0.1) is 11.3 Å². The molecule has 0 bridgehead atoms. The van der Waals surface area contributed by atoms with E-state index in [2.05, 4.69) is 15.3 Å². The highest BCUT2D eigenvalue weighted by molar-refractivity contribution is 7.89. The summed E-state index contributed by atoms with van der Waals surface area (Å²) in [6.07, 6.45) is 1.60. The van der Waals surface area contributed by atoms with Crippen LogP contribution in [-0.2, 0) is 16.6 Å². The van der Waals surface area contributed by atoms with E-state index >= 15 is 0 Å². The number of oxazole rings is 1. The number of amides is 2. The van der Waals surface area contributed by atoms with Crippen molar-refractivity contribution in [3.8, 4) is 10.6 Å². The van der Waals surface area contributed by atoms with Gasteiger partial charge in [0.25, 0.3) is 11.8 Å². The number of thiophene rings is 1. The van der Waals surface area contributed by atoms with Crippen LogP contribution >= 0.6 is 11.3 Å². The maximum Gasteiger partial charge on any atom is 0.268 e. The van der Waals surface area contributed by atoms with E-state index in [-0.39, 0.29) is 24.2 Å². The topological polar surface area (TPSA) is 131 Å². The molecule has 0 radical (unpaired) electrons. The number of sulfonamides is 1. The van der Waals surface area contributed by atoms with Crippen LogP contribution in [0.25, 0.3) is 21.7 Å². The fourth-order valence-electron chi connectivity index (χ4n) is 4.16. The molecule has 2 aromatic carbocycles. The Kier molecular flexibility index (Phi) is 7.76. The zero-order chi connectivity index (χ0) is 29.3. The molecule has 11 nitrogen and oxygen atoms in total. The Bertz CT molecular complexity index is 1840. The second-order valence-electron chi connectivity index (χ2n) is 9.45. The lowest BCUT2D eigenvalue weighted by Gasteiger charge is -2.17. The smallest absolute Gasteiger partial charge is 0.268 e. The number of benzene rings is 2. The summed E-state index contributed by atoms with van der Waals surface area (Å²) in [6.45, 7) is 1.80. The van der Waals surface area contributed by atoms with Crippen LogP contribution in [0.4, 0.5) is 11.6 Å². The minimum atomic E-state index is -3.52.